The van der Waals surface area contributed by atoms with Gasteiger partial charge in [-0.15, -0.1) is 0 Å². The summed E-state index contributed by atoms with van der Waals surface area (Å²) in [5, 5.41) is 2.97. The smallest absolute Gasteiger partial charge is 0.219 e. The van der Waals surface area contributed by atoms with Crippen LogP contribution in [0.2, 0.25) is 0 Å². The molecule has 4 heteroatoms. The molecule has 140 valence electrons. The van der Waals surface area contributed by atoms with E-state index in [9.17, 15) is 4.79 Å². The van der Waals surface area contributed by atoms with Crippen LogP contribution in [-0.2, 0) is 9.53 Å². The molecule has 23 heavy (non-hydrogen) atoms. The van der Waals surface area contributed by atoms with Crippen molar-refractivity contribution in [2.24, 2.45) is 0 Å². The summed E-state index contributed by atoms with van der Waals surface area (Å²) in [6, 6.07) is 0. The Labute approximate surface area is 145 Å². The number of unbranched alkanes of at least 4 members (excludes halogenated alkanes) is 2. The molecule has 0 aliphatic carbocycles. The van der Waals surface area contributed by atoms with Gasteiger partial charge in [0.1, 0.15) is 0 Å². The molecule has 0 aliphatic rings. The Morgan fingerprint density at radius 1 is 1.09 bits per heavy atom. The van der Waals surface area contributed by atoms with Crippen molar-refractivity contribution < 1.29 is 14.0 Å². The number of carbonyl (C=O) groups excluding carboxylic acids is 1. The lowest BCUT2D eigenvalue weighted by Crippen LogP contribution is -2.37. The summed E-state index contributed by atoms with van der Waals surface area (Å²) in [5.41, 5.74) is 0. The van der Waals surface area contributed by atoms with Crippen LogP contribution < -0.4 is 5.32 Å². The van der Waals surface area contributed by atoms with Crippen LogP contribution in [0.4, 0.5) is 0 Å². The van der Waals surface area contributed by atoms with Crippen molar-refractivity contribution in [1.29, 1.82) is 0 Å². The van der Waals surface area contributed by atoms with Crippen molar-refractivity contribution in [2.45, 2.75) is 66.2 Å². The molecule has 0 atom stereocenters. The largest absolute Gasteiger partial charge is 0.502 e. The molecule has 0 radical (unpaired) electrons. The van der Waals surface area contributed by atoms with E-state index in [0.717, 1.165) is 42.6 Å². The normalized spacial score (nSPS) is 9.74. The standard InChI is InChI=1S/C12H26N2O.C4H8O.C3H8/c1-5-6-7-9-12(15)13-10-8-11-14(2,3)4;1-4(2)5-3;1-3-2/h5-11H2,1-4H3;1H2,2-3H3;3H2,1-2H3/p+1. The van der Waals surface area contributed by atoms with Gasteiger partial charge in [-0.2, -0.15) is 0 Å². The predicted molar refractivity (Wildman–Crippen MR) is 102 cm³/mol. The van der Waals surface area contributed by atoms with Gasteiger partial charge >= 0.3 is 0 Å². The first-order valence-electron chi connectivity index (χ1n) is 8.91. The first kappa shape index (κ1) is 26.8. The van der Waals surface area contributed by atoms with Crippen LogP contribution in [-0.4, -0.2) is 51.7 Å². The zero-order valence-corrected chi connectivity index (χ0v) is 17.1. The van der Waals surface area contributed by atoms with Crippen molar-refractivity contribution >= 4 is 5.91 Å². The van der Waals surface area contributed by atoms with Crippen molar-refractivity contribution in [3.63, 3.8) is 0 Å². The lowest BCUT2D eigenvalue weighted by molar-refractivity contribution is -0.870. The highest BCUT2D eigenvalue weighted by Crippen LogP contribution is 1.98. The number of allylic oxidation sites excluding steroid dienone is 1. The molecule has 0 aromatic heterocycles. The van der Waals surface area contributed by atoms with Crippen LogP contribution in [0.5, 0.6) is 0 Å². The van der Waals surface area contributed by atoms with Crippen molar-refractivity contribution in [2.75, 3.05) is 41.3 Å². The highest BCUT2D eigenvalue weighted by molar-refractivity contribution is 5.75. The SMILES string of the molecule is C=C(C)OC.CCC.CCCCCC(=O)NCCC[N+](C)(C)C. The van der Waals surface area contributed by atoms with Gasteiger partial charge in [-0.3, -0.25) is 4.79 Å². The van der Waals surface area contributed by atoms with Gasteiger partial charge in [0.2, 0.25) is 5.91 Å². The molecule has 4 nitrogen and oxygen atoms in total. The third-order valence-corrected chi connectivity index (χ3v) is 2.68. The lowest BCUT2D eigenvalue weighted by Gasteiger charge is -2.23. The van der Waals surface area contributed by atoms with Gasteiger partial charge in [0.15, 0.2) is 0 Å². The number of quaternary nitrogens is 1. The third-order valence-electron chi connectivity index (χ3n) is 2.68. The van der Waals surface area contributed by atoms with Crippen LogP contribution >= 0.6 is 0 Å². The van der Waals surface area contributed by atoms with E-state index < -0.39 is 0 Å². The number of ether oxygens (including phenoxy) is 1. The summed E-state index contributed by atoms with van der Waals surface area (Å²) in [7, 11) is 8.11. The second-order valence-electron chi connectivity index (χ2n) is 6.79. The average molecular weight is 332 g/mol. The van der Waals surface area contributed by atoms with Gasteiger partial charge in [-0.05, 0) is 13.3 Å². The van der Waals surface area contributed by atoms with E-state index in [4.69, 9.17) is 0 Å². The number of methoxy groups -OCH3 is 1. The van der Waals surface area contributed by atoms with Crippen LogP contribution in [0.15, 0.2) is 12.3 Å². The zero-order valence-electron chi connectivity index (χ0n) is 17.1. The maximum atomic E-state index is 11.3. The molecule has 0 heterocycles. The maximum Gasteiger partial charge on any atom is 0.219 e. The van der Waals surface area contributed by atoms with Gasteiger partial charge < -0.3 is 14.5 Å². The molecule has 0 fully saturated rings. The third kappa shape index (κ3) is 38.7. The van der Waals surface area contributed by atoms with E-state index >= 15 is 0 Å². The van der Waals surface area contributed by atoms with Crippen LogP contribution in [0.3, 0.4) is 0 Å². The molecular weight excluding hydrogens is 288 g/mol. The molecule has 0 rings (SSSR count). The summed E-state index contributed by atoms with van der Waals surface area (Å²) in [6.45, 7) is 13.6. The van der Waals surface area contributed by atoms with Crippen molar-refractivity contribution in [3.05, 3.63) is 12.3 Å². The molecule has 0 saturated carbocycles. The Hall–Kier alpha value is -1.03. The van der Waals surface area contributed by atoms with Crippen LogP contribution in [0, 0.1) is 0 Å². The fourth-order valence-corrected chi connectivity index (χ4v) is 1.41. The Morgan fingerprint density at radius 2 is 1.57 bits per heavy atom. The number of nitrogens with zero attached hydrogens (tertiary/aromatic N) is 1. The second kappa shape index (κ2) is 19.0. The summed E-state index contributed by atoms with van der Waals surface area (Å²) in [4.78, 5) is 11.3. The first-order valence-corrected chi connectivity index (χ1v) is 8.91. The van der Waals surface area contributed by atoms with E-state index in [0.29, 0.717) is 6.42 Å². The monoisotopic (exact) mass is 331 g/mol. The second-order valence-corrected chi connectivity index (χ2v) is 6.79. The highest BCUT2D eigenvalue weighted by Gasteiger charge is 2.06. The van der Waals surface area contributed by atoms with E-state index in [2.05, 4.69) is 58.5 Å². The van der Waals surface area contributed by atoms with Gasteiger partial charge in [-0.1, -0.05) is 46.6 Å². The van der Waals surface area contributed by atoms with Crippen LogP contribution in [0.25, 0.3) is 0 Å². The minimum Gasteiger partial charge on any atom is -0.502 e. The molecular formula is C19H43N2O2+. The van der Waals surface area contributed by atoms with Gasteiger partial charge in [0.05, 0.1) is 40.6 Å². The molecule has 0 spiro atoms. The summed E-state index contributed by atoms with van der Waals surface area (Å²) >= 11 is 0. The molecule has 1 amide bonds. The van der Waals surface area contributed by atoms with Gasteiger partial charge in [0.25, 0.3) is 0 Å². The minimum atomic E-state index is 0.213. The van der Waals surface area contributed by atoms with E-state index in [1.807, 2.05) is 0 Å². The molecule has 0 aliphatic heterocycles. The van der Waals surface area contributed by atoms with E-state index in [-0.39, 0.29) is 5.91 Å². The quantitative estimate of drug-likeness (QED) is 0.387. The Balaban J connectivity index is -0.000000414. The Bertz CT molecular complexity index is 271. The molecule has 0 bridgehead atoms. The number of carbonyl (C=O) groups is 1. The highest BCUT2D eigenvalue weighted by atomic mass is 16.5. The Kier molecular flexibility index (Phi) is 22.2. The van der Waals surface area contributed by atoms with E-state index in [1.54, 1.807) is 14.0 Å². The summed E-state index contributed by atoms with van der Waals surface area (Å²) < 4.78 is 5.52. The summed E-state index contributed by atoms with van der Waals surface area (Å²) in [6.07, 6.45) is 6.36. The molecule has 0 aromatic carbocycles. The molecule has 0 saturated heterocycles. The van der Waals surface area contributed by atoms with Gasteiger partial charge in [-0.25, -0.2) is 0 Å². The predicted octanol–water partition coefficient (Wildman–Crippen LogP) is 4.36. The number of hydrogen-bond donors (Lipinski definition) is 1. The number of amides is 1. The number of rotatable bonds is 9. The zero-order chi connectivity index (χ0) is 18.7. The first-order chi connectivity index (χ1) is 10.6. The van der Waals surface area contributed by atoms with Gasteiger partial charge in [0, 0.05) is 19.4 Å². The molecule has 0 aromatic rings. The number of nitrogens with one attached hydrogen (secondary N) is 1. The van der Waals surface area contributed by atoms with Crippen molar-refractivity contribution in [3.8, 4) is 0 Å². The van der Waals surface area contributed by atoms with Crippen LogP contribution in [0.1, 0.15) is 66.2 Å². The fourth-order valence-electron chi connectivity index (χ4n) is 1.41. The average Bonchev–Trinajstić information content (AvgIpc) is 2.44. The fraction of sp³-hybridized carbons (Fsp3) is 0.842. The maximum absolute atomic E-state index is 11.3. The Morgan fingerprint density at radius 3 is 1.91 bits per heavy atom. The number of hydrogen-bond acceptors (Lipinski definition) is 2. The summed E-state index contributed by atoms with van der Waals surface area (Å²) in [5.74, 6) is 0.967. The molecule has 0 unspecified atom stereocenters. The minimum absolute atomic E-state index is 0.213. The van der Waals surface area contributed by atoms with E-state index in [1.165, 1.54) is 12.8 Å². The van der Waals surface area contributed by atoms with Crippen molar-refractivity contribution in [1.82, 2.24) is 5.32 Å². The lowest BCUT2D eigenvalue weighted by atomic mass is 10.2. The molecule has 1 N–H and O–H groups in total. The topological polar surface area (TPSA) is 38.3 Å².